The van der Waals surface area contributed by atoms with E-state index in [1.165, 1.54) is 17.0 Å². The van der Waals surface area contributed by atoms with Crippen LogP contribution in [-0.2, 0) is 19.4 Å². The lowest BCUT2D eigenvalue weighted by atomic mass is 10.0. The van der Waals surface area contributed by atoms with Crippen molar-refractivity contribution in [1.82, 2.24) is 15.1 Å². The largest absolute Gasteiger partial charge is 0.472 e. The first-order valence-corrected chi connectivity index (χ1v) is 7.09. The molecule has 0 fully saturated rings. The predicted molar refractivity (Wildman–Crippen MR) is 76.1 cm³/mol. The average Bonchev–Trinajstić information content (AvgIpc) is 3.07. The molecule has 2 aromatic rings. The SMILES string of the molecule is CCNC(Cc1cc(CC)nn1CC)c1ccoc1. The summed E-state index contributed by atoms with van der Waals surface area (Å²) in [5, 5.41) is 8.12. The van der Waals surface area contributed by atoms with Crippen molar-refractivity contribution in [2.45, 2.75) is 46.2 Å². The Balaban J connectivity index is 2.19. The first kappa shape index (κ1) is 13.9. The van der Waals surface area contributed by atoms with Gasteiger partial charge >= 0.3 is 0 Å². The van der Waals surface area contributed by atoms with Gasteiger partial charge < -0.3 is 9.73 Å². The van der Waals surface area contributed by atoms with Gasteiger partial charge in [0.1, 0.15) is 0 Å². The van der Waals surface area contributed by atoms with Gasteiger partial charge in [0.2, 0.25) is 0 Å². The summed E-state index contributed by atoms with van der Waals surface area (Å²) >= 11 is 0. The van der Waals surface area contributed by atoms with Gasteiger partial charge in [-0.25, -0.2) is 0 Å². The molecule has 2 heterocycles. The maximum absolute atomic E-state index is 5.20. The van der Waals surface area contributed by atoms with E-state index in [2.05, 4.69) is 41.9 Å². The highest BCUT2D eigenvalue weighted by Crippen LogP contribution is 2.20. The lowest BCUT2D eigenvalue weighted by Gasteiger charge is -2.16. The summed E-state index contributed by atoms with van der Waals surface area (Å²) in [6, 6.07) is 4.53. The number of nitrogens with zero attached hydrogens (tertiary/aromatic N) is 2. The van der Waals surface area contributed by atoms with Gasteiger partial charge in [-0.05, 0) is 32.0 Å². The zero-order valence-electron chi connectivity index (χ0n) is 12.0. The Morgan fingerprint density at radius 1 is 1.37 bits per heavy atom. The molecule has 0 aliphatic rings. The number of hydrogen-bond donors (Lipinski definition) is 1. The van der Waals surface area contributed by atoms with E-state index in [1.54, 1.807) is 6.26 Å². The number of aromatic nitrogens is 2. The average molecular weight is 261 g/mol. The molecule has 0 amide bonds. The molecule has 104 valence electrons. The van der Waals surface area contributed by atoms with Gasteiger partial charge in [0.05, 0.1) is 18.2 Å². The van der Waals surface area contributed by atoms with E-state index < -0.39 is 0 Å². The van der Waals surface area contributed by atoms with Crippen LogP contribution in [0.2, 0.25) is 0 Å². The van der Waals surface area contributed by atoms with Crippen molar-refractivity contribution in [2.24, 2.45) is 0 Å². The topological polar surface area (TPSA) is 43.0 Å². The number of hydrogen-bond acceptors (Lipinski definition) is 3. The van der Waals surface area contributed by atoms with Crippen LogP contribution < -0.4 is 5.32 Å². The fraction of sp³-hybridized carbons (Fsp3) is 0.533. The van der Waals surface area contributed by atoms with Crippen LogP contribution in [0.3, 0.4) is 0 Å². The molecule has 0 aliphatic heterocycles. The molecule has 0 saturated heterocycles. The Kier molecular flexibility index (Phi) is 4.80. The first-order chi connectivity index (χ1) is 9.28. The molecule has 0 bridgehead atoms. The van der Waals surface area contributed by atoms with Gasteiger partial charge in [0.15, 0.2) is 0 Å². The fourth-order valence-electron chi connectivity index (χ4n) is 2.36. The third-order valence-electron chi connectivity index (χ3n) is 3.39. The van der Waals surface area contributed by atoms with Crippen LogP contribution >= 0.6 is 0 Å². The quantitative estimate of drug-likeness (QED) is 0.833. The van der Waals surface area contributed by atoms with Gasteiger partial charge in [0, 0.05) is 30.3 Å². The van der Waals surface area contributed by atoms with Gasteiger partial charge in [0.25, 0.3) is 0 Å². The van der Waals surface area contributed by atoms with Crippen molar-refractivity contribution in [3.8, 4) is 0 Å². The Bertz CT molecular complexity index is 487. The van der Waals surface area contributed by atoms with Crippen molar-refractivity contribution in [3.63, 3.8) is 0 Å². The summed E-state index contributed by atoms with van der Waals surface area (Å²) in [7, 11) is 0. The molecule has 0 spiro atoms. The molecule has 0 radical (unpaired) electrons. The highest BCUT2D eigenvalue weighted by molar-refractivity contribution is 5.18. The van der Waals surface area contributed by atoms with Crippen LogP contribution in [0.5, 0.6) is 0 Å². The number of rotatable bonds is 7. The van der Waals surface area contributed by atoms with Crippen molar-refractivity contribution in [2.75, 3.05) is 6.54 Å². The van der Waals surface area contributed by atoms with Crippen LogP contribution in [0.15, 0.2) is 29.1 Å². The Hall–Kier alpha value is -1.55. The second-order valence-electron chi connectivity index (χ2n) is 4.67. The zero-order valence-corrected chi connectivity index (χ0v) is 12.0. The Labute approximate surface area is 114 Å². The normalized spacial score (nSPS) is 12.8. The minimum Gasteiger partial charge on any atom is -0.472 e. The van der Waals surface area contributed by atoms with Crippen LogP contribution in [0, 0.1) is 0 Å². The summed E-state index contributed by atoms with van der Waals surface area (Å²) in [6.07, 6.45) is 5.47. The maximum atomic E-state index is 5.20. The minimum absolute atomic E-state index is 0.287. The zero-order chi connectivity index (χ0) is 13.7. The molecule has 4 heteroatoms. The van der Waals surface area contributed by atoms with E-state index in [0.29, 0.717) is 0 Å². The molecule has 1 N–H and O–H groups in total. The third-order valence-corrected chi connectivity index (χ3v) is 3.39. The minimum atomic E-state index is 0.287. The molecule has 0 aliphatic carbocycles. The molecule has 19 heavy (non-hydrogen) atoms. The molecule has 0 saturated carbocycles. The van der Waals surface area contributed by atoms with Gasteiger partial charge in [-0.2, -0.15) is 5.10 Å². The van der Waals surface area contributed by atoms with E-state index in [-0.39, 0.29) is 6.04 Å². The molecule has 4 nitrogen and oxygen atoms in total. The van der Waals surface area contributed by atoms with Crippen LogP contribution in [0.1, 0.15) is 43.8 Å². The summed E-state index contributed by atoms with van der Waals surface area (Å²) in [5.74, 6) is 0. The van der Waals surface area contributed by atoms with E-state index in [0.717, 1.165) is 25.9 Å². The molecule has 2 aromatic heterocycles. The van der Waals surface area contributed by atoms with E-state index >= 15 is 0 Å². The molecule has 2 rings (SSSR count). The van der Waals surface area contributed by atoms with Gasteiger partial charge in [-0.15, -0.1) is 0 Å². The summed E-state index contributed by atoms with van der Waals surface area (Å²) in [4.78, 5) is 0. The van der Waals surface area contributed by atoms with Crippen molar-refractivity contribution in [3.05, 3.63) is 41.6 Å². The lowest BCUT2D eigenvalue weighted by Crippen LogP contribution is -2.23. The molecule has 0 aromatic carbocycles. The molecule has 1 unspecified atom stereocenters. The second-order valence-corrected chi connectivity index (χ2v) is 4.67. The second kappa shape index (κ2) is 6.57. The molecular formula is C15H23N3O. The molecule has 1 atom stereocenters. The Morgan fingerprint density at radius 2 is 2.21 bits per heavy atom. The number of aryl methyl sites for hydroxylation is 2. The number of nitrogens with one attached hydrogen (secondary N) is 1. The van der Waals surface area contributed by atoms with Gasteiger partial charge in [-0.3, -0.25) is 4.68 Å². The Morgan fingerprint density at radius 3 is 2.79 bits per heavy atom. The standard InChI is InChI=1S/C15H23N3O/c1-4-13-9-14(18(6-3)17-13)10-15(16-5-2)12-7-8-19-11-12/h7-9,11,15-16H,4-6,10H2,1-3H3. The highest BCUT2D eigenvalue weighted by Gasteiger charge is 2.15. The van der Waals surface area contributed by atoms with Crippen molar-refractivity contribution >= 4 is 0 Å². The van der Waals surface area contributed by atoms with Crippen LogP contribution in [0.4, 0.5) is 0 Å². The van der Waals surface area contributed by atoms with Crippen molar-refractivity contribution < 1.29 is 4.42 Å². The predicted octanol–water partition coefficient (Wildman–Crippen LogP) is 2.95. The lowest BCUT2D eigenvalue weighted by molar-refractivity contribution is 0.503. The van der Waals surface area contributed by atoms with Crippen LogP contribution in [-0.4, -0.2) is 16.3 Å². The van der Waals surface area contributed by atoms with Crippen LogP contribution in [0.25, 0.3) is 0 Å². The highest BCUT2D eigenvalue weighted by atomic mass is 16.3. The first-order valence-electron chi connectivity index (χ1n) is 7.09. The summed E-state index contributed by atoms with van der Waals surface area (Å²) in [6.45, 7) is 8.26. The van der Waals surface area contributed by atoms with E-state index in [9.17, 15) is 0 Å². The smallest absolute Gasteiger partial charge is 0.0950 e. The fourth-order valence-corrected chi connectivity index (χ4v) is 2.36. The van der Waals surface area contributed by atoms with E-state index in [1.807, 2.05) is 12.3 Å². The maximum Gasteiger partial charge on any atom is 0.0950 e. The molecular weight excluding hydrogens is 238 g/mol. The number of furan rings is 1. The monoisotopic (exact) mass is 261 g/mol. The van der Waals surface area contributed by atoms with E-state index in [4.69, 9.17) is 4.42 Å². The van der Waals surface area contributed by atoms with Crippen molar-refractivity contribution in [1.29, 1.82) is 0 Å². The summed E-state index contributed by atoms with van der Waals surface area (Å²) in [5.41, 5.74) is 3.65. The third kappa shape index (κ3) is 3.26. The number of likely N-dealkylation sites (N-methyl/N-ethyl adjacent to an activating group) is 1. The van der Waals surface area contributed by atoms with Gasteiger partial charge in [-0.1, -0.05) is 13.8 Å². The summed E-state index contributed by atoms with van der Waals surface area (Å²) < 4.78 is 7.30.